The van der Waals surface area contributed by atoms with Crippen LogP contribution in [0.1, 0.15) is 40.5 Å². The molecule has 0 saturated carbocycles. The number of anilines is 1. The van der Waals surface area contributed by atoms with E-state index in [4.69, 9.17) is 0 Å². The van der Waals surface area contributed by atoms with E-state index in [9.17, 15) is 5.11 Å². The molecule has 2 aromatic heterocycles. The van der Waals surface area contributed by atoms with Crippen LogP contribution < -0.4 is 10.2 Å². The van der Waals surface area contributed by atoms with Crippen LogP contribution in [0.3, 0.4) is 0 Å². The van der Waals surface area contributed by atoms with E-state index < -0.39 is 0 Å². The molecular weight excluding hydrogens is 390 g/mol. The van der Waals surface area contributed by atoms with Crippen LogP contribution in [0.5, 0.6) is 5.75 Å². The number of aromatic nitrogens is 5. The Balaban J connectivity index is 1.54. The van der Waals surface area contributed by atoms with Crippen LogP contribution in [-0.4, -0.2) is 54.4 Å². The molecule has 162 valence electrons. The molecule has 31 heavy (non-hydrogen) atoms. The van der Waals surface area contributed by atoms with Gasteiger partial charge in [0, 0.05) is 47.7 Å². The number of rotatable bonds is 4. The van der Waals surface area contributed by atoms with E-state index in [2.05, 4.69) is 63.1 Å². The Labute approximate surface area is 182 Å². The summed E-state index contributed by atoms with van der Waals surface area (Å²) in [7, 11) is 2.02. The number of piperidine rings is 1. The number of benzene rings is 1. The van der Waals surface area contributed by atoms with E-state index in [1.807, 2.05) is 13.1 Å². The lowest BCUT2D eigenvalue weighted by Gasteiger charge is -2.48. The second kappa shape index (κ2) is 7.85. The molecule has 1 fully saturated rings. The average Bonchev–Trinajstić information content (AvgIpc) is 2.72. The molecule has 1 saturated heterocycles. The number of nitrogens with zero attached hydrogens (tertiary/aromatic N) is 6. The molecule has 0 amide bonds. The minimum absolute atomic E-state index is 0.0318. The van der Waals surface area contributed by atoms with Crippen LogP contribution in [0.4, 0.5) is 5.95 Å². The van der Waals surface area contributed by atoms with Gasteiger partial charge >= 0.3 is 0 Å². The van der Waals surface area contributed by atoms with Crippen molar-refractivity contribution in [1.29, 1.82) is 0 Å². The number of hydrogen-bond donors (Lipinski definition) is 2. The highest BCUT2D eigenvalue weighted by Gasteiger charge is 2.39. The number of hydrogen-bond acceptors (Lipinski definition) is 8. The Morgan fingerprint density at radius 1 is 1.00 bits per heavy atom. The van der Waals surface area contributed by atoms with Crippen molar-refractivity contribution in [1.82, 2.24) is 30.5 Å². The molecule has 8 nitrogen and oxygen atoms in total. The van der Waals surface area contributed by atoms with Gasteiger partial charge in [-0.1, -0.05) is 6.07 Å². The number of aromatic hydroxyl groups is 1. The van der Waals surface area contributed by atoms with Crippen molar-refractivity contribution in [2.45, 2.75) is 57.7 Å². The van der Waals surface area contributed by atoms with Gasteiger partial charge in [-0.15, -0.1) is 10.2 Å². The fraction of sp³-hybridized carbons (Fsp3) is 0.435. The van der Waals surface area contributed by atoms with E-state index >= 15 is 0 Å². The van der Waals surface area contributed by atoms with Crippen molar-refractivity contribution in [3.8, 4) is 28.4 Å². The molecule has 1 aliphatic heterocycles. The maximum atomic E-state index is 10.5. The third-order valence-corrected chi connectivity index (χ3v) is 5.68. The molecule has 3 aromatic rings. The lowest BCUT2D eigenvalue weighted by Crippen LogP contribution is -2.62. The molecule has 1 aromatic carbocycles. The van der Waals surface area contributed by atoms with Crippen molar-refractivity contribution in [3.05, 3.63) is 42.9 Å². The quantitative estimate of drug-likeness (QED) is 0.663. The first-order chi connectivity index (χ1) is 14.6. The van der Waals surface area contributed by atoms with Crippen molar-refractivity contribution in [2.24, 2.45) is 0 Å². The third kappa shape index (κ3) is 4.64. The molecule has 8 heteroatoms. The van der Waals surface area contributed by atoms with E-state index in [-0.39, 0.29) is 16.8 Å². The highest BCUT2D eigenvalue weighted by molar-refractivity contribution is 5.71. The summed E-state index contributed by atoms with van der Waals surface area (Å²) < 4.78 is 0. The number of phenolic OH excluding ortho intramolecular Hbond substituents is 1. The molecule has 4 rings (SSSR count). The summed E-state index contributed by atoms with van der Waals surface area (Å²) in [6, 6.07) is 7.33. The smallest absolute Gasteiger partial charge is 0.245 e. The maximum Gasteiger partial charge on any atom is 0.245 e. The zero-order valence-corrected chi connectivity index (χ0v) is 18.7. The first-order valence-electron chi connectivity index (χ1n) is 10.5. The van der Waals surface area contributed by atoms with Crippen LogP contribution in [0.15, 0.2) is 42.9 Å². The van der Waals surface area contributed by atoms with Crippen LogP contribution in [0, 0.1) is 0 Å². The summed E-state index contributed by atoms with van der Waals surface area (Å²) in [4.78, 5) is 15.1. The van der Waals surface area contributed by atoms with Crippen LogP contribution in [0.25, 0.3) is 22.6 Å². The van der Waals surface area contributed by atoms with Gasteiger partial charge in [0.2, 0.25) is 5.95 Å². The Kier molecular flexibility index (Phi) is 5.35. The molecule has 0 unspecified atom stereocenters. The minimum Gasteiger partial charge on any atom is -0.507 e. The molecule has 0 spiro atoms. The first kappa shape index (κ1) is 21.1. The monoisotopic (exact) mass is 419 g/mol. The molecular formula is C23H29N7O. The van der Waals surface area contributed by atoms with Crippen molar-refractivity contribution >= 4 is 5.95 Å². The molecule has 1 aliphatic rings. The number of phenols is 1. The second-order valence-electron chi connectivity index (χ2n) is 9.51. The van der Waals surface area contributed by atoms with Gasteiger partial charge in [-0.3, -0.25) is 0 Å². The normalized spacial score (nSPS) is 18.0. The Morgan fingerprint density at radius 3 is 2.26 bits per heavy atom. The van der Waals surface area contributed by atoms with Crippen molar-refractivity contribution in [3.63, 3.8) is 0 Å². The van der Waals surface area contributed by atoms with E-state index in [0.717, 1.165) is 18.4 Å². The fourth-order valence-corrected chi connectivity index (χ4v) is 4.60. The molecule has 0 aliphatic carbocycles. The summed E-state index contributed by atoms with van der Waals surface area (Å²) in [5.74, 6) is 1.22. The summed E-state index contributed by atoms with van der Waals surface area (Å²) in [5, 5.41) is 22.9. The molecule has 3 heterocycles. The SMILES string of the molecule is CN(c1ncc(-c2ccc(-c3ncccn3)cc2O)nn1)C1CC(C)(C)NC(C)(C)C1. The number of nitrogens with one attached hydrogen (secondary N) is 1. The predicted octanol–water partition coefficient (Wildman–Crippen LogP) is 3.45. The van der Waals surface area contributed by atoms with Crippen LogP contribution in [-0.2, 0) is 0 Å². The molecule has 0 bridgehead atoms. The Hall–Kier alpha value is -3.13. The van der Waals surface area contributed by atoms with Gasteiger partial charge in [-0.05, 0) is 58.7 Å². The fourth-order valence-electron chi connectivity index (χ4n) is 4.60. The standard InChI is InChI=1S/C23H29N7O/c1-22(2)12-16(13-23(3,4)29-22)30(5)21-26-14-18(27-28-21)17-8-7-15(11-19(17)31)20-24-9-6-10-25-20/h6-11,14,16,29,31H,12-13H2,1-5H3. The van der Waals surface area contributed by atoms with Gasteiger partial charge in [0.25, 0.3) is 0 Å². The van der Waals surface area contributed by atoms with E-state index in [0.29, 0.717) is 29.1 Å². The molecule has 2 N–H and O–H groups in total. The van der Waals surface area contributed by atoms with E-state index in [1.54, 1.807) is 36.8 Å². The van der Waals surface area contributed by atoms with Crippen LogP contribution >= 0.6 is 0 Å². The average molecular weight is 420 g/mol. The van der Waals surface area contributed by atoms with Gasteiger partial charge < -0.3 is 15.3 Å². The second-order valence-corrected chi connectivity index (χ2v) is 9.51. The first-order valence-corrected chi connectivity index (χ1v) is 10.5. The lowest BCUT2D eigenvalue weighted by atomic mass is 9.79. The highest BCUT2D eigenvalue weighted by Crippen LogP contribution is 2.33. The topological polar surface area (TPSA) is 100.0 Å². The van der Waals surface area contributed by atoms with Crippen molar-refractivity contribution < 1.29 is 5.11 Å². The zero-order valence-electron chi connectivity index (χ0n) is 18.7. The predicted molar refractivity (Wildman–Crippen MR) is 121 cm³/mol. The largest absolute Gasteiger partial charge is 0.507 e. The summed E-state index contributed by atoms with van der Waals surface area (Å²) in [6.45, 7) is 8.90. The Morgan fingerprint density at radius 2 is 1.68 bits per heavy atom. The zero-order chi connectivity index (χ0) is 22.2. The van der Waals surface area contributed by atoms with Gasteiger partial charge in [0.15, 0.2) is 5.82 Å². The van der Waals surface area contributed by atoms with Gasteiger partial charge in [0.1, 0.15) is 11.4 Å². The van der Waals surface area contributed by atoms with Gasteiger partial charge in [-0.25, -0.2) is 15.0 Å². The Bertz CT molecular complexity index is 1040. The van der Waals surface area contributed by atoms with Crippen molar-refractivity contribution in [2.75, 3.05) is 11.9 Å². The minimum atomic E-state index is 0.0318. The van der Waals surface area contributed by atoms with Crippen LogP contribution in [0.2, 0.25) is 0 Å². The summed E-state index contributed by atoms with van der Waals surface area (Å²) >= 11 is 0. The third-order valence-electron chi connectivity index (χ3n) is 5.68. The summed E-state index contributed by atoms with van der Waals surface area (Å²) in [5.41, 5.74) is 1.88. The van der Waals surface area contributed by atoms with E-state index in [1.165, 1.54) is 0 Å². The van der Waals surface area contributed by atoms with Gasteiger partial charge in [0.05, 0.1) is 6.20 Å². The summed E-state index contributed by atoms with van der Waals surface area (Å²) in [6.07, 6.45) is 6.97. The molecule has 0 atom stereocenters. The maximum absolute atomic E-state index is 10.5. The van der Waals surface area contributed by atoms with Gasteiger partial charge in [-0.2, -0.15) is 0 Å². The molecule has 0 radical (unpaired) electrons. The lowest BCUT2D eigenvalue weighted by molar-refractivity contribution is 0.160. The highest BCUT2D eigenvalue weighted by atomic mass is 16.3.